The van der Waals surface area contributed by atoms with Crippen molar-refractivity contribution < 1.29 is 19.4 Å². The van der Waals surface area contributed by atoms with Crippen LogP contribution in [0.15, 0.2) is 11.3 Å². The highest BCUT2D eigenvalue weighted by atomic mass is 16.5. The Kier molecular flexibility index (Phi) is 5.68. The summed E-state index contributed by atoms with van der Waals surface area (Å²) in [5.74, 6) is -1.52. The van der Waals surface area contributed by atoms with E-state index in [0.717, 1.165) is 25.7 Å². The molecule has 0 aromatic carbocycles. The fraction of sp³-hybridized carbons (Fsp3) is 0.692. The van der Waals surface area contributed by atoms with Crippen molar-refractivity contribution in [3.8, 4) is 0 Å². The van der Waals surface area contributed by atoms with Gasteiger partial charge in [0.2, 0.25) is 0 Å². The molecule has 0 fully saturated rings. The first-order valence-corrected chi connectivity index (χ1v) is 6.50. The molecule has 0 aromatic rings. The van der Waals surface area contributed by atoms with Gasteiger partial charge in [-0.15, -0.1) is 0 Å². The van der Waals surface area contributed by atoms with Crippen molar-refractivity contribution in [3.05, 3.63) is 11.3 Å². The SMILES string of the molecule is CCCCCCN1CC(C(=O)OCC)=C(O)C1=O. The fourth-order valence-electron chi connectivity index (χ4n) is 1.91. The molecule has 1 amide bonds. The summed E-state index contributed by atoms with van der Waals surface area (Å²) in [6.45, 7) is 4.78. The highest BCUT2D eigenvalue weighted by molar-refractivity contribution is 6.05. The number of aliphatic hydroxyl groups excluding tert-OH is 1. The Morgan fingerprint density at radius 2 is 2.06 bits per heavy atom. The summed E-state index contributed by atoms with van der Waals surface area (Å²) < 4.78 is 4.80. The molecule has 18 heavy (non-hydrogen) atoms. The van der Waals surface area contributed by atoms with E-state index in [1.54, 1.807) is 6.92 Å². The van der Waals surface area contributed by atoms with Crippen LogP contribution in [0.2, 0.25) is 0 Å². The third kappa shape index (κ3) is 3.48. The van der Waals surface area contributed by atoms with Gasteiger partial charge in [0, 0.05) is 6.54 Å². The Hall–Kier alpha value is -1.52. The second-order valence-electron chi connectivity index (χ2n) is 4.33. The van der Waals surface area contributed by atoms with Gasteiger partial charge in [-0.2, -0.15) is 0 Å². The maximum absolute atomic E-state index is 11.7. The molecular formula is C13H21NO4. The number of carbonyl (C=O) groups excluding carboxylic acids is 2. The molecule has 0 aliphatic carbocycles. The highest BCUT2D eigenvalue weighted by Gasteiger charge is 2.34. The van der Waals surface area contributed by atoms with Gasteiger partial charge in [-0.1, -0.05) is 26.2 Å². The van der Waals surface area contributed by atoms with Gasteiger partial charge in [-0.3, -0.25) is 4.79 Å². The standard InChI is InChI=1S/C13H21NO4/c1-3-5-6-7-8-14-9-10(11(15)12(14)16)13(17)18-4-2/h15H,3-9H2,1-2H3. The van der Waals surface area contributed by atoms with E-state index < -0.39 is 17.6 Å². The highest BCUT2D eigenvalue weighted by Crippen LogP contribution is 2.19. The molecule has 5 nitrogen and oxygen atoms in total. The van der Waals surface area contributed by atoms with Crippen molar-refractivity contribution in [2.45, 2.75) is 39.5 Å². The molecule has 1 rings (SSSR count). The van der Waals surface area contributed by atoms with E-state index in [-0.39, 0.29) is 18.7 Å². The van der Waals surface area contributed by atoms with Crippen LogP contribution >= 0.6 is 0 Å². The van der Waals surface area contributed by atoms with E-state index >= 15 is 0 Å². The smallest absolute Gasteiger partial charge is 0.339 e. The van der Waals surface area contributed by atoms with Crippen molar-refractivity contribution in [1.29, 1.82) is 0 Å². The molecule has 0 unspecified atom stereocenters. The van der Waals surface area contributed by atoms with Gasteiger partial charge in [-0.25, -0.2) is 4.79 Å². The minimum atomic E-state index is -0.598. The van der Waals surface area contributed by atoms with Crippen molar-refractivity contribution in [3.63, 3.8) is 0 Å². The predicted octanol–water partition coefficient (Wildman–Crippen LogP) is 1.78. The molecule has 0 bridgehead atoms. The van der Waals surface area contributed by atoms with Crippen LogP contribution < -0.4 is 0 Å². The maximum Gasteiger partial charge on any atom is 0.339 e. The molecule has 1 N–H and O–H groups in total. The van der Waals surface area contributed by atoms with E-state index in [2.05, 4.69) is 6.92 Å². The first-order valence-electron chi connectivity index (χ1n) is 6.50. The normalized spacial score (nSPS) is 15.4. The van der Waals surface area contributed by atoms with Gasteiger partial charge in [-0.05, 0) is 13.3 Å². The molecular weight excluding hydrogens is 234 g/mol. The molecule has 0 aromatic heterocycles. The van der Waals surface area contributed by atoms with Crippen LogP contribution in [0, 0.1) is 0 Å². The van der Waals surface area contributed by atoms with Crippen LogP contribution in [0.4, 0.5) is 0 Å². The summed E-state index contributed by atoms with van der Waals surface area (Å²) >= 11 is 0. The molecule has 0 saturated heterocycles. The number of amides is 1. The maximum atomic E-state index is 11.7. The Labute approximate surface area is 107 Å². The Bertz CT molecular complexity index is 349. The Morgan fingerprint density at radius 1 is 1.33 bits per heavy atom. The average Bonchev–Trinajstić information content (AvgIpc) is 2.63. The first kappa shape index (κ1) is 14.5. The minimum Gasteiger partial charge on any atom is -0.503 e. The van der Waals surface area contributed by atoms with Gasteiger partial charge < -0.3 is 14.7 Å². The minimum absolute atomic E-state index is 0.0809. The van der Waals surface area contributed by atoms with Crippen molar-refractivity contribution >= 4 is 11.9 Å². The van der Waals surface area contributed by atoms with Gasteiger partial charge >= 0.3 is 5.97 Å². The average molecular weight is 255 g/mol. The largest absolute Gasteiger partial charge is 0.503 e. The van der Waals surface area contributed by atoms with Gasteiger partial charge in [0.1, 0.15) is 5.57 Å². The lowest BCUT2D eigenvalue weighted by molar-refractivity contribution is -0.138. The number of esters is 1. The number of nitrogens with zero attached hydrogens (tertiary/aromatic N) is 1. The first-order chi connectivity index (χ1) is 8.61. The lowest BCUT2D eigenvalue weighted by atomic mass is 10.2. The predicted molar refractivity (Wildman–Crippen MR) is 67.0 cm³/mol. The fourth-order valence-corrected chi connectivity index (χ4v) is 1.91. The number of unbranched alkanes of at least 4 members (excludes halogenated alkanes) is 3. The van der Waals surface area contributed by atoms with E-state index in [9.17, 15) is 14.7 Å². The zero-order valence-electron chi connectivity index (χ0n) is 11.1. The third-order valence-electron chi connectivity index (χ3n) is 2.93. The van der Waals surface area contributed by atoms with Crippen LogP contribution in [0.25, 0.3) is 0 Å². The summed E-state index contributed by atoms with van der Waals surface area (Å²) in [6, 6.07) is 0. The van der Waals surface area contributed by atoms with E-state index in [4.69, 9.17) is 4.74 Å². The van der Waals surface area contributed by atoms with Gasteiger partial charge in [0.15, 0.2) is 5.76 Å². The molecule has 0 radical (unpaired) electrons. The van der Waals surface area contributed by atoms with Crippen LogP contribution in [0.3, 0.4) is 0 Å². The lowest BCUT2D eigenvalue weighted by Gasteiger charge is -2.15. The number of hydrogen-bond acceptors (Lipinski definition) is 4. The summed E-state index contributed by atoms with van der Waals surface area (Å²) in [5, 5.41) is 9.62. The molecule has 1 aliphatic rings. The van der Waals surface area contributed by atoms with Crippen molar-refractivity contribution in [2.75, 3.05) is 19.7 Å². The number of rotatable bonds is 7. The molecule has 1 aliphatic heterocycles. The summed E-state index contributed by atoms with van der Waals surface area (Å²) in [7, 11) is 0. The van der Waals surface area contributed by atoms with Crippen molar-refractivity contribution in [1.82, 2.24) is 4.90 Å². The number of ether oxygens (including phenoxy) is 1. The molecule has 102 valence electrons. The molecule has 5 heteroatoms. The van der Waals surface area contributed by atoms with Crippen LogP contribution in [-0.4, -0.2) is 41.6 Å². The van der Waals surface area contributed by atoms with Gasteiger partial charge in [0.05, 0.1) is 13.2 Å². The van der Waals surface area contributed by atoms with Crippen LogP contribution in [0.5, 0.6) is 0 Å². The lowest BCUT2D eigenvalue weighted by Crippen LogP contribution is -2.28. The van der Waals surface area contributed by atoms with Crippen molar-refractivity contribution in [2.24, 2.45) is 0 Å². The molecule has 0 atom stereocenters. The monoisotopic (exact) mass is 255 g/mol. The van der Waals surface area contributed by atoms with E-state index in [0.29, 0.717) is 6.54 Å². The summed E-state index contributed by atoms with van der Waals surface area (Å²) in [5.41, 5.74) is 0.0809. The molecule has 0 spiro atoms. The number of carbonyl (C=O) groups is 2. The van der Waals surface area contributed by atoms with Crippen LogP contribution in [0.1, 0.15) is 39.5 Å². The number of hydrogen-bond donors (Lipinski definition) is 1. The van der Waals surface area contributed by atoms with E-state index in [1.807, 2.05) is 0 Å². The van der Waals surface area contributed by atoms with Gasteiger partial charge in [0.25, 0.3) is 5.91 Å². The topological polar surface area (TPSA) is 66.8 Å². The molecule has 0 saturated carbocycles. The Balaban J connectivity index is 2.49. The Morgan fingerprint density at radius 3 is 2.67 bits per heavy atom. The summed E-state index contributed by atoms with van der Waals surface area (Å²) in [4.78, 5) is 24.7. The van der Waals surface area contributed by atoms with E-state index in [1.165, 1.54) is 4.90 Å². The van der Waals surface area contributed by atoms with Crippen LogP contribution in [-0.2, 0) is 14.3 Å². The second-order valence-corrected chi connectivity index (χ2v) is 4.33. The third-order valence-corrected chi connectivity index (χ3v) is 2.93. The quantitative estimate of drug-likeness (QED) is 0.556. The zero-order chi connectivity index (χ0) is 13.5. The summed E-state index contributed by atoms with van der Waals surface area (Å²) in [6.07, 6.45) is 4.20. The molecule has 1 heterocycles. The number of aliphatic hydroxyl groups is 1. The second kappa shape index (κ2) is 7.03. The zero-order valence-corrected chi connectivity index (χ0v) is 11.1.